The Morgan fingerprint density at radius 1 is 1.20 bits per heavy atom. The molecule has 1 fully saturated rings. The maximum Gasteiger partial charge on any atom is 0.241 e. The van der Waals surface area contributed by atoms with Crippen LogP contribution < -0.4 is 5.32 Å². The van der Waals surface area contributed by atoms with Crippen molar-refractivity contribution in [1.82, 2.24) is 4.90 Å². The molecule has 0 aliphatic carbocycles. The Kier molecular flexibility index (Phi) is 5.65. The van der Waals surface area contributed by atoms with Crippen molar-refractivity contribution in [2.24, 2.45) is 0 Å². The summed E-state index contributed by atoms with van der Waals surface area (Å²) in [6, 6.07) is 4.47. The molecule has 1 aliphatic rings. The molecule has 1 heterocycles. The number of rotatable bonds is 3. The fourth-order valence-corrected chi connectivity index (χ4v) is 2.51. The minimum atomic E-state index is -0.477. The van der Waals surface area contributed by atoms with E-state index in [0.29, 0.717) is 5.69 Å². The fraction of sp³-hybridized carbons (Fsp3) is 0.533. The van der Waals surface area contributed by atoms with Crippen molar-refractivity contribution in [1.29, 1.82) is 0 Å². The summed E-state index contributed by atoms with van der Waals surface area (Å²) in [5, 5.41) is 3.04. The SMILES string of the molecule is O=C(CNc1ccc(Cl)c(F)c1)N1CCCCCCC1. The molecule has 2 rings (SSSR count). The molecule has 20 heavy (non-hydrogen) atoms. The van der Waals surface area contributed by atoms with Gasteiger partial charge in [0.25, 0.3) is 0 Å². The van der Waals surface area contributed by atoms with Gasteiger partial charge in [0, 0.05) is 18.8 Å². The van der Waals surface area contributed by atoms with E-state index < -0.39 is 5.82 Å². The molecule has 0 unspecified atom stereocenters. The van der Waals surface area contributed by atoms with Crippen LogP contribution in [-0.2, 0) is 4.79 Å². The molecule has 110 valence electrons. The first-order valence-electron chi connectivity index (χ1n) is 7.13. The van der Waals surface area contributed by atoms with Crippen LogP contribution in [-0.4, -0.2) is 30.4 Å². The third kappa shape index (κ3) is 4.37. The van der Waals surface area contributed by atoms with Crippen LogP contribution in [0.25, 0.3) is 0 Å². The van der Waals surface area contributed by atoms with E-state index in [-0.39, 0.29) is 17.5 Å². The summed E-state index contributed by atoms with van der Waals surface area (Å²) in [7, 11) is 0. The highest BCUT2D eigenvalue weighted by Crippen LogP contribution is 2.18. The van der Waals surface area contributed by atoms with E-state index in [1.165, 1.54) is 31.4 Å². The van der Waals surface area contributed by atoms with Crippen LogP contribution in [0.1, 0.15) is 32.1 Å². The molecule has 5 heteroatoms. The predicted octanol–water partition coefficient (Wildman–Crippen LogP) is 3.68. The maximum atomic E-state index is 13.3. The molecule has 0 atom stereocenters. The van der Waals surface area contributed by atoms with Crippen molar-refractivity contribution in [2.75, 3.05) is 25.0 Å². The van der Waals surface area contributed by atoms with Gasteiger partial charge in [0.05, 0.1) is 11.6 Å². The quantitative estimate of drug-likeness (QED) is 0.923. The first kappa shape index (κ1) is 15.1. The van der Waals surface area contributed by atoms with Gasteiger partial charge >= 0.3 is 0 Å². The molecule has 0 saturated carbocycles. The predicted molar refractivity (Wildman–Crippen MR) is 79.6 cm³/mol. The van der Waals surface area contributed by atoms with E-state index in [1.54, 1.807) is 6.07 Å². The summed E-state index contributed by atoms with van der Waals surface area (Å²) in [6.45, 7) is 1.85. The third-order valence-corrected chi connectivity index (χ3v) is 3.88. The number of benzene rings is 1. The summed E-state index contributed by atoms with van der Waals surface area (Å²) >= 11 is 5.62. The number of anilines is 1. The lowest BCUT2D eigenvalue weighted by atomic mass is 10.1. The van der Waals surface area contributed by atoms with E-state index in [9.17, 15) is 9.18 Å². The number of nitrogens with zero attached hydrogens (tertiary/aromatic N) is 1. The summed E-state index contributed by atoms with van der Waals surface area (Å²) < 4.78 is 13.3. The number of nitrogens with one attached hydrogen (secondary N) is 1. The summed E-state index contributed by atoms with van der Waals surface area (Å²) in [4.78, 5) is 14.0. The van der Waals surface area contributed by atoms with Gasteiger partial charge in [-0.05, 0) is 31.0 Å². The van der Waals surface area contributed by atoms with Crippen LogP contribution in [0, 0.1) is 5.82 Å². The van der Waals surface area contributed by atoms with Crippen molar-refractivity contribution in [3.8, 4) is 0 Å². The molecular weight excluding hydrogens is 279 g/mol. The molecular formula is C15H20ClFN2O. The van der Waals surface area contributed by atoms with Gasteiger partial charge in [-0.15, -0.1) is 0 Å². The lowest BCUT2D eigenvalue weighted by Crippen LogP contribution is -2.37. The van der Waals surface area contributed by atoms with E-state index >= 15 is 0 Å². The highest BCUT2D eigenvalue weighted by Gasteiger charge is 2.14. The molecule has 1 aromatic rings. The number of amides is 1. The first-order valence-corrected chi connectivity index (χ1v) is 7.51. The Bertz CT molecular complexity index is 459. The molecule has 1 aliphatic heterocycles. The van der Waals surface area contributed by atoms with Crippen molar-refractivity contribution < 1.29 is 9.18 Å². The number of carbonyl (C=O) groups excluding carboxylic acids is 1. The average Bonchev–Trinajstić information content (AvgIpc) is 2.39. The van der Waals surface area contributed by atoms with Crippen molar-refractivity contribution in [3.63, 3.8) is 0 Å². The Morgan fingerprint density at radius 3 is 2.50 bits per heavy atom. The van der Waals surface area contributed by atoms with Crippen LogP contribution in [0.4, 0.5) is 10.1 Å². The molecule has 1 saturated heterocycles. The molecule has 3 nitrogen and oxygen atoms in total. The highest BCUT2D eigenvalue weighted by molar-refractivity contribution is 6.30. The van der Waals surface area contributed by atoms with Crippen molar-refractivity contribution in [3.05, 3.63) is 29.0 Å². The van der Waals surface area contributed by atoms with Gasteiger partial charge < -0.3 is 10.2 Å². The van der Waals surface area contributed by atoms with Crippen LogP contribution in [0.15, 0.2) is 18.2 Å². The van der Waals surface area contributed by atoms with E-state index in [0.717, 1.165) is 25.9 Å². The lowest BCUT2D eigenvalue weighted by molar-refractivity contribution is -0.129. The second kappa shape index (κ2) is 7.48. The average molecular weight is 299 g/mol. The van der Waals surface area contributed by atoms with Gasteiger partial charge in [-0.1, -0.05) is 30.9 Å². The third-order valence-electron chi connectivity index (χ3n) is 3.57. The Balaban J connectivity index is 1.85. The molecule has 0 spiro atoms. The van der Waals surface area contributed by atoms with Crippen LogP contribution >= 0.6 is 11.6 Å². The lowest BCUT2D eigenvalue weighted by Gasteiger charge is -2.25. The molecule has 1 amide bonds. The smallest absolute Gasteiger partial charge is 0.241 e. The normalized spacial score (nSPS) is 16.4. The molecule has 0 aromatic heterocycles. The van der Waals surface area contributed by atoms with E-state index in [4.69, 9.17) is 11.6 Å². The van der Waals surface area contributed by atoms with Crippen LogP contribution in [0.2, 0.25) is 5.02 Å². The van der Waals surface area contributed by atoms with Gasteiger partial charge in [-0.3, -0.25) is 4.79 Å². The van der Waals surface area contributed by atoms with E-state index in [1.807, 2.05) is 4.90 Å². The first-order chi connectivity index (χ1) is 9.66. The van der Waals surface area contributed by atoms with Gasteiger partial charge in [0.15, 0.2) is 0 Å². The van der Waals surface area contributed by atoms with Crippen molar-refractivity contribution >= 4 is 23.2 Å². The standard InChI is InChI=1S/C15H20ClFN2O/c16-13-7-6-12(10-14(13)17)18-11-15(20)19-8-4-2-1-3-5-9-19/h6-7,10,18H,1-5,8-9,11H2. The second-order valence-corrected chi connectivity index (χ2v) is 5.54. The largest absolute Gasteiger partial charge is 0.376 e. The number of halogens is 2. The zero-order valence-corrected chi connectivity index (χ0v) is 12.3. The second-order valence-electron chi connectivity index (χ2n) is 5.13. The van der Waals surface area contributed by atoms with Crippen LogP contribution in [0.5, 0.6) is 0 Å². The maximum absolute atomic E-state index is 13.3. The zero-order valence-electron chi connectivity index (χ0n) is 11.5. The fourth-order valence-electron chi connectivity index (χ4n) is 2.39. The molecule has 0 bridgehead atoms. The van der Waals surface area contributed by atoms with Gasteiger partial charge in [-0.2, -0.15) is 0 Å². The zero-order chi connectivity index (χ0) is 14.4. The molecule has 0 radical (unpaired) electrons. The summed E-state index contributed by atoms with van der Waals surface area (Å²) in [5.74, 6) is -0.405. The van der Waals surface area contributed by atoms with Gasteiger partial charge in [-0.25, -0.2) is 4.39 Å². The topological polar surface area (TPSA) is 32.3 Å². The Labute approximate surface area is 124 Å². The summed E-state index contributed by atoms with van der Waals surface area (Å²) in [6.07, 6.45) is 5.80. The number of carbonyl (C=O) groups is 1. The Morgan fingerprint density at radius 2 is 1.85 bits per heavy atom. The van der Waals surface area contributed by atoms with Crippen molar-refractivity contribution in [2.45, 2.75) is 32.1 Å². The minimum absolute atomic E-state index is 0.0715. The Hall–Kier alpha value is -1.29. The number of hydrogen-bond acceptors (Lipinski definition) is 2. The monoisotopic (exact) mass is 298 g/mol. The van der Waals surface area contributed by atoms with E-state index in [2.05, 4.69) is 5.32 Å². The minimum Gasteiger partial charge on any atom is -0.376 e. The number of hydrogen-bond donors (Lipinski definition) is 1. The van der Waals surface area contributed by atoms with Crippen LogP contribution in [0.3, 0.4) is 0 Å². The molecule has 1 N–H and O–H groups in total. The highest BCUT2D eigenvalue weighted by atomic mass is 35.5. The summed E-state index contributed by atoms with van der Waals surface area (Å²) in [5.41, 5.74) is 0.576. The molecule has 1 aromatic carbocycles. The number of likely N-dealkylation sites (tertiary alicyclic amines) is 1. The van der Waals surface area contributed by atoms with Gasteiger partial charge in [0.1, 0.15) is 5.82 Å². The van der Waals surface area contributed by atoms with Gasteiger partial charge in [0.2, 0.25) is 5.91 Å².